The van der Waals surface area contributed by atoms with Crippen LogP contribution in [-0.2, 0) is 9.47 Å². The Morgan fingerprint density at radius 3 is 3.09 bits per heavy atom. The van der Waals surface area contributed by atoms with Gasteiger partial charge in [-0.2, -0.15) is 0 Å². The summed E-state index contributed by atoms with van der Waals surface area (Å²) in [5, 5.41) is 0. The van der Waals surface area contributed by atoms with Gasteiger partial charge in [-0.1, -0.05) is 6.92 Å². The first-order valence-corrected chi connectivity index (χ1v) is 4.11. The maximum Gasteiger partial charge on any atom is 0.258 e. The number of hydrogen-bond acceptors (Lipinski definition) is 3. The predicted molar refractivity (Wildman–Crippen MR) is 43.7 cm³/mol. The third-order valence-electron chi connectivity index (χ3n) is 1.54. The summed E-state index contributed by atoms with van der Waals surface area (Å²) < 4.78 is 10.6. The summed E-state index contributed by atoms with van der Waals surface area (Å²) in [6.45, 7) is 4.83. The summed E-state index contributed by atoms with van der Waals surface area (Å²) in [5.41, 5.74) is 0. The zero-order valence-corrected chi connectivity index (χ0v) is 7.12. The number of hydrogen-bond donors (Lipinski definition) is 0. The largest absolute Gasteiger partial charge is 0.334 e. The molecule has 1 rings (SSSR count). The lowest BCUT2D eigenvalue weighted by Gasteiger charge is -2.24. The van der Waals surface area contributed by atoms with Gasteiger partial charge < -0.3 is 9.47 Å². The Kier molecular flexibility index (Phi) is 3.52. The maximum absolute atomic E-state index is 5.37. The van der Waals surface area contributed by atoms with Gasteiger partial charge in [0.25, 0.3) is 6.41 Å². The minimum atomic E-state index is -0.348. The van der Waals surface area contributed by atoms with Crippen molar-refractivity contribution in [1.29, 1.82) is 0 Å². The van der Waals surface area contributed by atoms with Crippen LogP contribution in [-0.4, -0.2) is 25.3 Å². The third kappa shape index (κ3) is 2.99. The first kappa shape index (κ1) is 8.68. The van der Waals surface area contributed by atoms with E-state index in [1.165, 1.54) is 0 Å². The molecule has 1 heterocycles. The molecule has 64 valence electrons. The van der Waals surface area contributed by atoms with Crippen LogP contribution < -0.4 is 0 Å². The molecule has 0 amide bonds. The molecule has 1 aliphatic rings. The van der Waals surface area contributed by atoms with E-state index in [0.717, 1.165) is 19.4 Å². The second-order valence-corrected chi connectivity index (χ2v) is 2.65. The van der Waals surface area contributed by atoms with Crippen molar-refractivity contribution in [3.63, 3.8) is 0 Å². The Bertz CT molecular complexity index is 136. The zero-order valence-electron chi connectivity index (χ0n) is 7.12. The van der Waals surface area contributed by atoms with Crippen LogP contribution in [0.1, 0.15) is 26.7 Å². The molecule has 0 spiro atoms. The Morgan fingerprint density at radius 1 is 1.64 bits per heavy atom. The van der Waals surface area contributed by atoms with Gasteiger partial charge in [-0.05, 0) is 19.8 Å². The monoisotopic (exact) mass is 157 g/mol. The first-order valence-electron chi connectivity index (χ1n) is 4.11. The molecule has 0 N–H and O–H groups in total. The quantitative estimate of drug-likeness (QED) is 0.570. The SMILES string of the molecule is CC/C=N/C1OCCC(C)O1. The molecule has 0 aromatic heterocycles. The Morgan fingerprint density at radius 2 is 2.45 bits per heavy atom. The van der Waals surface area contributed by atoms with Crippen molar-refractivity contribution in [3.8, 4) is 0 Å². The van der Waals surface area contributed by atoms with Crippen LogP contribution in [0, 0.1) is 0 Å². The van der Waals surface area contributed by atoms with Crippen molar-refractivity contribution in [2.75, 3.05) is 6.61 Å². The lowest BCUT2D eigenvalue weighted by Crippen LogP contribution is -2.28. The molecule has 0 radical (unpaired) electrons. The molecular formula is C8H15NO2. The van der Waals surface area contributed by atoms with E-state index >= 15 is 0 Å². The van der Waals surface area contributed by atoms with Gasteiger partial charge in [0.2, 0.25) is 0 Å². The molecule has 2 atom stereocenters. The summed E-state index contributed by atoms with van der Waals surface area (Å²) in [4.78, 5) is 4.08. The molecule has 1 aliphatic heterocycles. The fraction of sp³-hybridized carbons (Fsp3) is 0.875. The van der Waals surface area contributed by atoms with Crippen LogP contribution in [0.25, 0.3) is 0 Å². The molecular weight excluding hydrogens is 142 g/mol. The number of ether oxygens (including phenoxy) is 2. The highest BCUT2D eigenvalue weighted by molar-refractivity contribution is 5.56. The minimum Gasteiger partial charge on any atom is -0.334 e. The van der Waals surface area contributed by atoms with Gasteiger partial charge in [0.15, 0.2) is 0 Å². The van der Waals surface area contributed by atoms with E-state index < -0.39 is 0 Å². The second-order valence-electron chi connectivity index (χ2n) is 2.65. The Hall–Kier alpha value is -0.410. The highest BCUT2D eigenvalue weighted by Crippen LogP contribution is 2.11. The van der Waals surface area contributed by atoms with Crippen LogP contribution in [0.3, 0.4) is 0 Å². The molecule has 11 heavy (non-hydrogen) atoms. The molecule has 1 fully saturated rings. The van der Waals surface area contributed by atoms with Gasteiger partial charge in [0.1, 0.15) is 0 Å². The minimum absolute atomic E-state index is 0.280. The van der Waals surface area contributed by atoms with Gasteiger partial charge >= 0.3 is 0 Å². The van der Waals surface area contributed by atoms with Crippen molar-refractivity contribution in [1.82, 2.24) is 0 Å². The van der Waals surface area contributed by atoms with Crippen LogP contribution in [0.15, 0.2) is 4.99 Å². The lowest BCUT2D eigenvalue weighted by atomic mass is 10.3. The average molecular weight is 157 g/mol. The van der Waals surface area contributed by atoms with E-state index in [0.29, 0.717) is 0 Å². The van der Waals surface area contributed by atoms with Crippen molar-refractivity contribution in [3.05, 3.63) is 0 Å². The van der Waals surface area contributed by atoms with Gasteiger partial charge in [-0.15, -0.1) is 0 Å². The van der Waals surface area contributed by atoms with Crippen LogP contribution >= 0.6 is 0 Å². The van der Waals surface area contributed by atoms with Crippen LogP contribution in [0.4, 0.5) is 0 Å². The number of rotatable bonds is 2. The van der Waals surface area contributed by atoms with E-state index in [9.17, 15) is 0 Å². The van der Waals surface area contributed by atoms with Crippen molar-refractivity contribution < 1.29 is 9.47 Å². The van der Waals surface area contributed by atoms with Crippen LogP contribution in [0.2, 0.25) is 0 Å². The molecule has 0 aliphatic carbocycles. The molecule has 0 aromatic rings. The Balaban J connectivity index is 2.28. The highest BCUT2D eigenvalue weighted by Gasteiger charge is 2.17. The van der Waals surface area contributed by atoms with Gasteiger partial charge in [0, 0.05) is 6.21 Å². The van der Waals surface area contributed by atoms with Gasteiger partial charge in [0.05, 0.1) is 12.7 Å². The average Bonchev–Trinajstić information content (AvgIpc) is 2.01. The number of aliphatic imine (C=N–C) groups is 1. The third-order valence-corrected chi connectivity index (χ3v) is 1.54. The fourth-order valence-corrected chi connectivity index (χ4v) is 0.911. The van der Waals surface area contributed by atoms with E-state index in [4.69, 9.17) is 9.47 Å². The fourth-order valence-electron chi connectivity index (χ4n) is 0.911. The summed E-state index contributed by atoms with van der Waals surface area (Å²) in [7, 11) is 0. The zero-order chi connectivity index (χ0) is 8.10. The van der Waals surface area contributed by atoms with Crippen molar-refractivity contribution in [2.45, 2.75) is 39.2 Å². The smallest absolute Gasteiger partial charge is 0.258 e. The predicted octanol–water partition coefficient (Wildman–Crippen LogP) is 1.58. The molecule has 0 aromatic carbocycles. The summed E-state index contributed by atoms with van der Waals surface area (Å²) in [5.74, 6) is 0. The van der Waals surface area contributed by atoms with Gasteiger partial charge in [-0.25, -0.2) is 4.99 Å². The Labute approximate surface area is 67.4 Å². The normalized spacial score (nSPS) is 32.9. The molecule has 0 bridgehead atoms. The van der Waals surface area contributed by atoms with Crippen molar-refractivity contribution in [2.24, 2.45) is 4.99 Å². The molecule has 0 saturated carbocycles. The van der Waals surface area contributed by atoms with E-state index in [1.54, 1.807) is 0 Å². The second kappa shape index (κ2) is 4.46. The standard InChI is InChI=1S/C8H15NO2/c1-3-5-9-8-10-6-4-7(2)11-8/h5,7-8H,3-4,6H2,1-2H3/b9-5+. The van der Waals surface area contributed by atoms with E-state index in [2.05, 4.69) is 4.99 Å². The lowest BCUT2D eigenvalue weighted by molar-refractivity contribution is -0.201. The molecule has 2 unspecified atom stereocenters. The molecule has 3 nitrogen and oxygen atoms in total. The first-order chi connectivity index (χ1) is 5.33. The number of nitrogens with zero attached hydrogens (tertiary/aromatic N) is 1. The molecule has 1 saturated heterocycles. The summed E-state index contributed by atoms with van der Waals surface area (Å²) >= 11 is 0. The van der Waals surface area contributed by atoms with Gasteiger partial charge in [-0.3, -0.25) is 0 Å². The maximum atomic E-state index is 5.37. The summed E-state index contributed by atoms with van der Waals surface area (Å²) in [6.07, 6.45) is 3.65. The van der Waals surface area contributed by atoms with Crippen molar-refractivity contribution >= 4 is 6.21 Å². The molecule has 3 heteroatoms. The van der Waals surface area contributed by atoms with Crippen LogP contribution in [0.5, 0.6) is 0 Å². The van der Waals surface area contributed by atoms with E-state index in [1.807, 2.05) is 20.1 Å². The topological polar surface area (TPSA) is 30.8 Å². The van der Waals surface area contributed by atoms with E-state index in [-0.39, 0.29) is 12.5 Å². The highest BCUT2D eigenvalue weighted by atomic mass is 16.7. The summed E-state index contributed by atoms with van der Waals surface area (Å²) in [6, 6.07) is 0.